The van der Waals surface area contributed by atoms with E-state index in [0.29, 0.717) is 18.1 Å². The van der Waals surface area contributed by atoms with E-state index in [0.717, 1.165) is 27.5 Å². The van der Waals surface area contributed by atoms with E-state index in [2.05, 4.69) is 26.2 Å². The molecule has 1 saturated heterocycles. The smallest absolute Gasteiger partial charge is 0.253 e. The van der Waals surface area contributed by atoms with E-state index >= 15 is 0 Å². The predicted octanol–water partition coefficient (Wildman–Crippen LogP) is 4.30. The van der Waals surface area contributed by atoms with Crippen LogP contribution in [0.2, 0.25) is 0 Å². The minimum atomic E-state index is -3.67. The Labute approximate surface area is 173 Å². The van der Waals surface area contributed by atoms with Crippen molar-refractivity contribution in [3.05, 3.63) is 40.2 Å². The fourth-order valence-corrected chi connectivity index (χ4v) is 7.40. The summed E-state index contributed by atoms with van der Waals surface area (Å²) in [6, 6.07) is 8.30. The van der Waals surface area contributed by atoms with Gasteiger partial charge in [0.2, 0.25) is 5.91 Å². The molecule has 3 heterocycles. The van der Waals surface area contributed by atoms with Crippen LogP contribution in [0.3, 0.4) is 0 Å². The van der Waals surface area contributed by atoms with Gasteiger partial charge in [-0.1, -0.05) is 29.9 Å². The SMILES string of the molecule is O=C(Nc1nc2c(Br)cccc2s1)C1CCCCN1S(=O)(=O)c1cccs1. The van der Waals surface area contributed by atoms with Crippen molar-refractivity contribution in [2.45, 2.75) is 29.5 Å². The number of piperidine rings is 1. The molecule has 142 valence electrons. The molecule has 3 aromatic rings. The monoisotopic (exact) mass is 485 g/mol. The Kier molecular flexibility index (Phi) is 5.34. The highest BCUT2D eigenvalue weighted by Crippen LogP contribution is 2.32. The molecule has 1 fully saturated rings. The first-order valence-corrected chi connectivity index (χ1v) is 12.3. The lowest BCUT2D eigenvalue weighted by atomic mass is 10.0. The molecule has 0 saturated carbocycles. The van der Waals surface area contributed by atoms with Gasteiger partial charge in [0.25, 0.3) is 10.0 Å². The number of aromatic nitrogens is 1. The van der Waals surface area contributed by atoms with Crippen LogP contribution in [0.25, 0.3) is 10.2 Å². The van der Waals surface area contributed by atoms with Gasteiger partial charge in [0, 0.05) is 11.0 Å². The molecule has 2 aromatic heterocycles. The summed E-state index contributed by atoms with van der Waals surface area (Å²) in [7, 11) is -3.67. The number of carbonyl (C=O) groups excluding carboxylic acids is 1. The number of rotatable bonds is 4. The summed E-state index contributed by atoms with van der Waals surface area (Å²) < 4.78 is 29.3. The van der Waals surface area contributed by atoms with Crippen LogP contribution in [0, 0.1) is 0 Å². The topological polar surface area (TPSA) is 79.4 Å². The summed E-state index contributed by atoms with van der Waals surface area (Å²) in [5.41, 5.74) is 0.782. The number of thiazole rings is 1. The van der Waals surface area contributed by atoms with Crippen molar-refractivity contribution < 1.29 is 13.2 Å². The second-order valence-corrected chi connectivity index (χ2v) is 11.1. The molecule has 6 nitrogen and oxygen atoms in total. The maximum Gasteiger partial charge on any atom is 0.253 e. The molecular formula is C17H16BrN3O3S3. The van der Waals surface area contributed by atoms with Gasteiger partial charge in [-0.25, -0.2) is 13.4 Å². The lowest BCUT2D eigenvalue weighted by molar-refractivity contribution is -0.120. The van der Waals surface area contributed by atoms with Gasteiger partial charge in [-0.15, -0.1) is 11.3 Å². The average molecular weight is 486 g/mol. The van der Waals surface area contributed by atoms with E-state index in [1.54, 1.807) is 17.5 Å². The predicted molar refractivity (Wildman–Crippen MR) is 112 cm³/mol. The van der Waals surface area contributed by atoms with Gasteiger partial charge in [-0.05, 0) is 52.4 Å². The fourth-order valence-electron chi connectivity index (χ4n) is 3.14. The number of anilines is 1. The first-order chi connectivity index (χ1) is 13.0. The van der Waals surface area contributed by atoms with Crippen molar-refractivity contribution in [3.63, 3.8) is 0 Å². The molecular weight excluding hydrogens is 470 g/mol. The number of thiophene rings is 1. The third-order valence-electron chi connectivity index (χ3n) is 4.41. The number of carbonyl (C=O) groups is 1. The summed E-state index contributed by atoms with van der Waals surface area (Å²) >= 11 is 6.00. The number of nitrogens with zero attached hydrogens (tertiary/aromatic N) is 2. The van der Waals surface area contributed by atoms with Crippen LogP contribution in [0.5, 0.6) is 0 Å². The van der Waals surface area contributed by atoms with Gasteiger partial charge < -0.3 is 5.32 Å². The van der Waals surface area contributed by atoms with Gasteiger partial charge in [0.05, 0.1) is 10.2 Å². The molecule has 10 heteroatoms. The molecule has 1 atom stereocenters. The quantitative estimate of drug-likeness (QED) is 0.597. The first-order valence-electron chi connectivity index (χ1n) is 8.38. The molecule has 0 spiro atoms. The number of hydrogen-bond donors (Lipinski definition) is 1. The summed E-state index contributed by atoms with van der Waals surface area (Å²) in [6.45, 7) is 0.351. The average Bonchev–Trinajstić information content (AvgIpc) is 3.32. The normalized spacial score (nSPS) is 18.6. The van der Waals surface area contributed by atoms with Crippen molar-refractivity contribution in [3.8, 4) is 0 Å². The lowest BCUT2D eigenvalue weighted by Gasteiger charge is -2.32. The molecule has 1 aliphatic rings. The Bertz CT molecular complexity index is 1080. The highest BCUT2D eigenvalue weighted by molar-refractivity contribution is 9.10. The number of amides is 1. The lowest BCUT2D eigenvalue weighted by Crippen LogP contribution is -2.49. The molecule has 0 aliphatic carbocycles. The van der Waals surface area contributed by atoms with Gasteiger partial charge in [-0.3, -0.25) is 4.79 Å². The molecule has 0 radical (unpaired) electrons. The van der Waals surface area contributed by atoms with E-state index in [4.69, 9.17) is 0 Å². The van der Waals surface area contributed by atoms with E-state index in [1.165, 1.54) is 27.0 Å². The van der Waals surface area contributed by atoms with E-state index in [9.17, 15) is 13.2 Å². The number of halogens is 1. The van der Waals surface area contributed by atoms with Crippen molar-refractivity contribution in [1.29, 1.82) is 0 Å². The second kappa shape index (κ2) is 7.59. The van der Waals surface area contributed by atoms with Crippen molar-refractivity contribution >= 4 is 69.9 Å². The summed E-state index contributed by atoms with van der Waals surface area (Å²) in [5.74, 6) is -0.329. The van der Waals surface area contributed by atoms with Crippen LogP contribution < -0.4 is 5.32 Å². The van der Waals surface area contributed by atoms with Crippen LogP contribution in [0.4, 0.5) is 5.13 Å². The molecule has 1 unspecified atom stereocenters. The number of sulfonamides is 1. The zero-order valence-electron chi connectivity index (χ0n) is 14.1. The van der Waals surface area contributed by atoms with E-state index in [-0.39, 0.29) is 10.1 Å². The standard InChI is InChI=1S/C17H16BrN3O3S3/c18-11-5-3-7-13-15(11)19-17(26-13)20-16(22)12-6-1-2-9-21(12)27(23,24)14-8-4-10-25-14/h3-5,7-8,10,12H,1-2,6,9H2,(H,19,20,22). The maximum absolute atomic E-state index is 12.9. The number of para-hydroxylation sites is 1. The third kappa shape index (κ3) is 3.68. The van der Waals surface area contributed by atoms with E-state index in [1.807, 2.05) is 18.2 Å². The number of hydrogen-bond acceptors (Lipinski definition) is 6. The molecule has 0 bridgehead atoms. The summed E-state index contributed by atoms with van der Waals surface area (Å²) in [4.78, 5) is 17.4. The summed E-state index contributed by atoms with van der Waals surface area (Å²) in [5, 5.41) is 5.02. The molecule has 1 aliphatic heterocycles. The minimum absolute atomic E-state index is 0.270. The largest absolute Gasteiger partial charge is 0.301 e. The third-order valence-corrected chi connectivity index (χ3v) is 9.27. The Hall–Kier alpha value is -1.33. The van der Waals surface area contributed by atoms with Crippen molar-refractivity contribution in [1.82, 2.24) is 9.29 Å². The Morgan fingerprint density at radius 2 is 2.11 bits per heavy atom. The Morgan fingerprint density at radius 1 is 1.26 bits per heavy atom. The highest BCUT2D eigenvalue weighted by atomic mass is 79.9. The minimum Gasteiger partial charge on any atom is -0.301 e. The van der Waals surface area contributed by atoms with Crippen LogP contribution in [-0.2, 0) is 14.8 Å². The Morgan fingerprint density at radius 3 is 2.85 bits per heavy atom. The second-order valence-electron chi connectivity index (χ2n) is 6.15. The van der Waals surface area contributed by atoms with Crippen molar-refractivity contribution in [2.75, 3.05) is 11.9 Å². The van der Waals surface area contributed by atoms with Crippen LogP contribution in [-0.4, -0.2) is 36.2 Å². The van der Waals surface area contributed by atoms with Gasteiger partial charge in [0.1, 0.15) is 10.3 Å². The van der Waals surface area contributed by atoms with Gasteiger partial charge in [-0.2, -0.15) is 4.31 Å². The Balaban J connectivity index is 1.59. The number of nitrogens with one attached hydrogen (secondary N) is 1. The van der Waals surface area contributed by atoms with Gasteiger partial charge >= 0.3 is 0 Å². The number of fused-ring (bicyclic) bond motifs is 1. The number of benzene rings is 1. The van der Waals surface area contributed by atoms with Crippen LogP contribution in [0.15, 0.2) is 44.4 Å². The molecule has 1 amide bonds. The summed E-state index contributed by atoms with van der Waals surface area (Å²) in [6.07, 6.45) is 2.08. The fraction of sp³-hybridized carbons (Fsp3) is 0.294. The van der Waals surface area contributed by atoms with Crippen LogP contribution in [0.1, 0.15) is 19.3 Å². The zero-order valence-corrected chi connectivity index (χ0v) is 18.1. The molecule has 1 aromatic carbocycles. The van der Waals surface area contributed by atoms with Crippen molar-refractivity contribution in [2.24, 2.45) is 0 Å². The maximum atomic E-state index is 12.9. The first kappa shape index (κ1) is 19.0. The van der Waals surface area contributed by atoms with Crippen LogP contribution >= 0.6 is 38.6 Å². The molecule has 27 heavy (non-hydrogen) atoms. The van der Waals surface area contributed by atoms with Gasteiger partial charge in [0.15, 0.2) is 5.13 Å². The zero-order chi connectivity index (χ0) is 19.0. The molecule has 4 rings (SSSR count). The highest BCUT2D eigenvalue weighted by Gasteiger charge is 2.38. The molecule has 1 N–H and O–H groups in total. The van der Waals surface area contributed by atoms with E-state index < -0.39 is 16.1 Å².